The molecule has 2 aromatic carbocycles. The normalized spacial score (nSPS) is 17.8. The molecule has 4 aromatic heterocycles. The summed E-state index contributed by atoms with van der Waals surface area (Å²) in [5, 5.41) is 11.8. The van der Waals surface area contributed by atoms with Gasteiger partial charge >= 0.3 is 6.09 Å². The molecule has 0 bridgehead atoms. The number of carbonyl (C=O) groups is 1. The zero-order valence-electron chi connectivity index (χ0n) is 43.4. The van der Waals surface area contributed by atoms with E-state index in [-0.39, 0.29) is 24.2 Å². The molecular weight excluding hydrogens is 925 g/mol. The number of amides is 1. The van der Waals surface area contributed by atoms with E-state index in [2.05, 4.69) is 96.4 Å². The van der Waals surface area contributed by atoms with Crippen LogP contribution in [0.25, 0.3) is 54.0 Å². The maximum atomic E-state index is 12.2. The van der Waals surface area contributed by atoms with Gasteiger partial charge in [0.15, 0.2) is 11.4 Å². The lowest BCUT2D eigenvalue weighted by Gasteiger charge is -2.37. The van der Waals surface area contributed by atoms with Gasteiger partial charge in [0.2, 0.25) is 11.9 Å². The molecule has 6 aromatic rings. The summed E-state index contributed by atoms with van der Waals surface area (Å²) in [5.74, 6) is 1.12. The van der Waals surface area contributed by atoms with Crippen molar-refractivity contribution < 1.29 is 19.0 Å². The first kappa shape index (κ1) is 52.7. The lowest BCUT2D eigenvalue weighted by atomic mass is 9.86. The highest BCUT2D eigenvalue weighted by molar-refractivity contribution is 6.76. The number of aromatic nitrogens is 6. The summed E-state index contributed by atoms with van der Waals surface area (Å²) in [7, 11) is -2.34. The largest absolute Gasteiger partial charge is 0.444 e. The Morgan fingerprint density at radius 2 is 1.17 bits per heavy atom. The van der Waals surface area contributed by atoms with E-state index in [9.17, 15) is 4.79 Å². The third-order valence-electron chi connectivity index (χ3n) is 12.8. The Hall–Kier alpha value is -6.16. The molecule has 0 saturated heterocycles. The predicted octanol–water partition coefficient (Wildman–Crippen LogP) is 11.9. The molecule has 4 atom stereocenters. The Morgan fingerprint density at radius 3 is 1.55 bits per heavy atom. The van der Waals surface area contributed by atoms with Crippen LogP contribution in [0.4, 0.5) is 28.1 Å². The van der Waals surface area contributed by atoms with Gasteiger partial charge in [-0.15, -0.1) is 0 Å². The van der Waals surface area contributed by atoms with Crippen molar-refractivity contribution in [3.05, 3.63) is 95.1 Å². The first-order chi connectivity index (χ1) is 33.6. The van der Waals surface area contributed by atoms with Crippen molar-refractivity contribution >= 4 is 67.3 Å². The van der Waals surface area contributed by atoms with E-state index >= 15 is 0 Å². The molecule has 5 N–H and O–H groups in total. The van der Waals surface area contributed by atoms with E-state index in [0.29, 0.717) is 43.3 Å². The lowest BCUT2D eigenvalue weighted by molar-refractivity contribution is 0.0472. The molecular formula is C53H72N12O4Si2. The van der Waals surface area contributed by atoms with Crippen molar-refractivity contribution in [1.29, 1.82) is 0 Å². The van der Waals surface area contributed by atoms with Crippen molar-refractivity contribution in [2.75, 3.05) is 23.8 Å². The second kappa shape index (κ2) is 22.1. The lowest BCUT2D eigenvalue weighted by Crippen LogP contribution is -2.54. The van der Waals surface area contributed by atoms with E-state index in [4.69, 9.17) is 43.1 Å². The number of rotatable bonds is 17. The summed E-state index contributed by atoms with van der Waals surface area (Å²) >= 11 is 0. The van der Waals surface area contributed by atoms with Crippen LogP contribution in [0.1, 0.15) is 57.6 Å². The van der Waals surface area contributed by atoms with E-state index in [1.165, 1.54) is 0 Å². The second-order valence-electron chi connectivity index (χ2n) is 22.4. The Labute approximate surface area is 421 Å². The highest BCUT2D eigenvalue weighted by Crippen LogP contribution is 2.37. The van der Waals surface area contributed by atoms with Gasteiger partial charge in [0.05, 0.1) is 30.6 Å². The first-order valence-electron chi connectivity index (χ1n) is 24.7. The number of ether oxygens (including phenoxy) is 3. The van der Waals surface area contributed by atoms with Gasteiger partial charge in [0.25, 0.3) is 0 Å². The van der Waals surface area contributed by atoms with E-state index in [1.807, 2.05) is 83.4 Å². The van der Waals surface area contributed by atoms with Gasteiger partial charge in [0, 0.05) is 105 Å². The van der Waals surface area contributed by atoms with Gasteiger partial charge in [-0.25, -0.2) is 34.4 Å². The van der Waals surface area contributed by atoms with Crippen LogP contribution >= 0.6 is 0 Å². The van der Waals surface area contributed by atoms with Crippen molar-refractivity contribution in [2.24, 2.45) is 5.73 Å². The fraction of sp³-hybridized carbons (Fsp3) is 0.491. The molecule has 4 heterocycles. The summed E-state index contributed by atoms with van der Waals surface area (Å²) in [4.78, 5) is 38.2. The summed E-state index contributed by atoms with van der Waals surface area (Å²) < 4.78 is 21.6. The summed E-state index contributed by atoms with van der Waals surface area (Å²) in [6.07, 6.45) is 11.2. The molecule has 2 fully saturated rings. The molecule has 2 aliphatic rings. The van der Waals surface area contributed by atoms with Crippen molar-refractivity contribution in [2.45, 2.75) is 155 Å². The minimum atomic E-state index is -1.19. The van der Waals surface area contributed by atoms with Gasteiger partial charge in [-0.2, -0.15) is 0 Å². The standard InChI is InChI=1S/C29H40N6O3Si.C24H32N6OSi/c1-19-16-31-27(32-23-11-12-24(23)33-28(36)38-29(2,3)4)34-26(19)22-17-35(18-37-13-14-39(6,7)8)25-15-20(30-5)9-10-21(22)25;1-16-13-27-24(28-21-9-8-20(21)25)29-23(16)19-14-30(15-31-10-11-32(3,4)5)22-12-17(26-2)6-7-18(19)22/h9-10,15-17,23-24H,11-14,18H2,1-4,6-8H3,(H,33,36)(H,31,32,34);6-7,12-14,20-21H,8-11,15,25H2,1,3-5H3,(H,27,28,29)/t23-,24-;20-,21-/m00/s1. The Kier molecular flexibility index (Phi) is 16.4. The molecule has 0 aliphatic heterocycles. The number of hydrogen-bond acceptors (Lipinski definition) is 11. The maximum absolute atomic E-state index is 12.2. The van der Waals surface area contributed by atoms with Crippen LogP contribution in [0.2, 0.25) is 51.4 Å². The zero-order valence-corrected chi connectivity index (χ0v) is 45.4. The SMILES string of the molecule is [C-]#[N+]c1ccc2c(-c3nc(N[C@H]4CC[C@@H]4N)ncc3C)cn(COCC[Si](C)(C)C)c2c1.[C-]#[N+]c1ccc2c(-c3nc(N[C@H]4CC[C@@H]4NC(=O)OC(C)(C)C)ncc3C)cn(COCC[Si](C)(C)C)c2c1. The van der Waals surface area contributed by atoms with Crippen LogP contribution in [0.5, 0.6) is 0 Å². The number of nitrogens with one attached hydrogen (secondary N) is 3. The third kappa shape index (κ3) is 13.8. The quantitative estimate of drug-likeness (QED) is 0.0388. The topological polar surface area (TPSA) is 177 Å². The molecule has 1 amide bonds. The zero-order chi connectivity index (χ0) is 51.3. The number of carbonyl (C=O) groups excluding carboxylic acids is 1. The van der Waals surface area contributed by atoms with Crippen LogP contribution in [0.15, 0.2) is 61.2 Å². The van der Waals surface area contributed by atoms with Gasteiger partial charge in [-0.05, 0) is 95.6 Å². The molecule has 2 aliphatic carbocycles. The minimum absolute atomic E-state index is 0.0235. The van der Waals surface area contributed by atoms with Crippen molar-refractivity contribution in [3.63, 3.8) is 0 Å². The van der Waals surface area contributed by atoms with E-state index < -0.39 is 27.8 Å². The number of anilines is 2. The number of aryl methyl sites for hydroxylation is 2. The Balaban J connectivity index is 0.000000213. The highest BCUT2D eigenvalue weighted by atomic mass is 28.3. The fourth-order valence-electron chi connectivity index (χ4n) is 8.28. The number of alkyl carbamates (subject to hydrolysis) is 1. The highest BCUT2D eigenvalue weighted by Gasteiger charge is 2.34. The summed E-state index contributed by atoms with van der Waals surface area (Å²) in [6.45, 7) is 40.9. The molecule has 376 valence electrons. The summed E-state index contributed by atoms with van der Waals surface area (Å²) in [6, 6.07) is 14.1. The molecule has 0 spiro atoms. The predicted molar refractivity (Wildman–Crippen MR) is 291 cm³/mol. The number of nitrogens with two attached hydrogens (primary N) is 1. The Bertz CT molecular complexity index is 2940. The maximum Gasteiger partial charge on any atom is 0.407 e. The average Bonchev–Trinajstić information content (AvgIpc) is 3.85. The van der Waals surface area contributed by atoms with E-state index in [0.717, 1.165) is 99.8 Å². The monoisotopic (exact) mass is 997 g/mol. The van der Waals surface area contributed by atoms with Gasteiger partial charge in [-0.3, -0.25) is 0 Å². The van der Waals surface area contributed by atoms with Crippen molar-refractivity contribution in [3.8, 4) is 22.5 Å². The Morgan fingerprint density at radius 1 is 0.718 bits per heavy atom. The number of hydrogen-bond donors (Lipinski definition) is 4. The summed E-state index contributed by atoms with van der Waals surface area (Å²) in [5.41, 5.74) is 14.3. The van der Waals surface area contributed by atoms with Gasteiger partial charge in [-0.1, -0.05) is 63.5 Å². The molecule has 2 saturated carbocycles. The molecule has 16 nitrogen and oxygen atoms in total. The third-order valence-corrected chi connectivity index (χ3v) is 16.2. The van der Waals surface area contributed by atoms with Gasteiger partial charge in [0.1, 0.15) is 19.1 Å². The van der Waals surface area contributed by atoms with Crippen LogP contribution in [-0.4, -0.2) is 94.3 Å². The molecule has 8 rings (SSSR count). The van der Waals surface area contributed by atoms with Gasteiger partial charge < -0.3 is 45.0 Å². The van der Waals surface area contributed by atoms with Crippen LogP contribution in [0, 0.1) is 27.0 Å². The molecule has 0 radical (unpaired) electrons. The molecule has 18 heteroatoms. The number of benzene rings is 2. The first-order valence-corrected chi connectivity index (χ1v) is 32.1. The van der Waals surface area contributed by atoms with Crippen LogP contribution < -0.4 is 21.7 Å². The minimum Gasteiger partial charge on any atom is -0.444 e. The van der Waals surface area contributed by atoms with Crippen LogP contribution in [-0.2, 0) is 27.7 Å². The van der Waals surface area contributed by atoms with Crippen molar-refractivity contribution in [1.82, 2.24) is 34.4 Å². The average molecular weight is 997 g/mol. The van der Waals surface area contributed by atoms with E-state index in [1.54, 1.807) is 0 Å². The fourth-order valence-corrected chi connectivity index (χ4v) is 9.80. The molecule has 71 heavy (non-hydrogen) atoms. The second-order valence-corrected chi connectivity index (χ2v) is 33.6. The molecule has 0 unspecified atom stereocenters. The van der Waals surface area contributed by atoms with Crippen LogP contribution in [0.3, 0.4) is 0 Å². The smallest absolute Gasteiger partial charge is 0.407 e. The number of fused-ring (bicyclic) bond motifs is 2. The number of nitrogens with zero attached hydrogens (tertiary/aromatic N) is 8.